The Morgan fingerprint density at radius 3 is 2.65 bits per heavy atom. The van der Waals surface area contributed by atoms with Gasteiger partial charge in [-0.2, -0.15) is 0 Å². The van der Waals surface area contributed by atoms with E-state index in [0.29, 0.717) is 6.54 Å². The zero-order valence-electron chi connectivity index (χ0n) is 11.0. The molecule has 0 aliphatic carbocycles. The highest BCUT2D eigenvalue weighted by Gasteiger charge is 2.19. The number of nitrogens with zero attached hydrogens (tertiary/aromatic N) is 1. The van der Waals surface area contributed by atoms with Gasteiger partial charge in [0.25, 0.3) is 11.6 Å². The molecule has 0 heterocycles. The molecule has 6 nitrogen and oxygen atoms in total. The molecule has 1 aromatic carbocycles. The van der Waals surface area contributed by atoms with Crippen molar-refractivity contribution in [1.82, 2.24) is 5.32 Å². The fourth-order valence-electron chi connectivity index (χ4n) is 1.74. The summed E-state index contributed by atoms with van der Waals surface area (Å²) in [6, 6.07) is 3.96. The van der Waals surface area contributed by atoms with Crippen molar-refractivity contribution in [2.24, 2.45) is 0 Å². The monoisotopic (exact) mass is 300 g/mol. The molecule has 1 amide bonds. The molecule has 0 spiro atoms. The zero-order chi connectivity index (χ0) is 15.0. The largest absolute Gasteiger partial charge is 0.396 e. The maximum atomic E-state index is 11.9. The molecule has 0 aliphatic heterocycles. The van der Waals surface area contributed by atoms with Crippen LogP contribution in [0.4, 0.5) is 5.69 Å². The number of halogens is 1. The van der Waals surface area contributed by atoms with Crippen LogP contribution < -0.4 is 5.32 Å². The van der Waals surface area contributed by atoms with Gasteiger partial charge in [0, 0.05) is 24.2 Å². The Morgan fingerprint density at radius 2 is 2.00 bits per heavy atom. The van der Waals surface area contributed by atoms with E-state index in [9.17, 15) is 14.9 Å². The minimum Gasteiger partial charge on any atom is -0.396 e. The van der Waals surface area contributed by atoms with Gasteiger partial charge in [-0.15, -0.1) is 0 Å². The third-order valence-corrected chi connectivity index (χ3v) is 3.01. The fraction of sp³-hybridized carbons (Fsp3) is 0.462. The first kappa shape index (κ1) is 16.4. The van der Waals surface area contributed by atoms with Gasteiger partial charge in [0.2, 0.25) is 0 Å². The van der Waals surface area contributed by atoms with Crippen LogP contribution in [0, 0.1) is 10.1 Å². The lowest BCUT2D eigenvalue weighted by atomic mass is 10.1. The summed E-state index contributed by atoms with van der Waals surface area (Å²) >= 11 is 5.68. The smallest absolute Gasteiger partial charge is 0.283 e. The molecule has 0 radical (unpaired) electrons. The van der Waals surface area contributed by atoms with Gasteiger partial charge in [-0.25, -0.2) is 0 Å². The van der Waals surface area contributed by atoms with Crippen LogP contribution in [0.15, 0.2) is 18.2 Å². The fourth-order valence-corrected chi connectivity index (χ4v) is 1.90. The lowest BCUT2D eigenvalue weighted by Crippen LogP contribution is -2.25. The summed E-state index contributed by atoms with van der Waals surface area (Å²) in [5, 5.41) is 22.4. The van der Waals surface area contributed by atoms with Crippen LogP contribution in [0.2, 0.25) is 5.02 Å². The van der Waals surface area contributed by atoms with Crippen LogP contribution in [-0.4, -0.2) is 29.1 Å². The van der Waals surface area contributed by atoms with Gasteiger partial charge in [0.15, 0.2) is 0 Å². The van der Waals surface area contributed by atoms with Crippen LogP contribution in [0.1, 0.15) is 36.0 Å². The van der Waals surface area contributed by atoms with Gasteiger partial charge >= 0.3 is 0 Å². The maximum absolute atomic E-state index is 11.9. The minimum atomic E-state index is -0.623. The number of carbonyl (C=O) groups excluding carboxylic acids is 1. The summed E-state index contributed by atoms with van der Waals surface area (Å²) in [5.74, 6) is -0.476. The Bertz CT molecular complexity index is 479. The Balaban J connectivity index is 2.53. The Hall–Kier alpha value is -1.66. The Kier molecular flexibility index (Phi) is 6.97. The Labute approximate surface area is 121 Å². The number of aliphatic hydroxyl groups is 1. The zero-order valence-corrected chi connectivity index (χ0v) is 11.7. The number of nitro benzene ring substituents is 1. The van der Waals surface area contributed by atoms with Crippen molar-refractivity contribution in [2.45, 2.75) is 25.7 Å². The van der Waals surface area contributed by atoms with Crippen molar-refractivity contribution < 1.29 is 14.8 Å². The number of nitro groups is 1. The number of aliphatic hydroxyl groups excluding tert-OH is 1. The summed E-state index contributed by atoms with van der Waals surface area (Å²) in [5.41, 5.74) is -0.287. The summed E-state index contributed by atoms with van der Waals surface area (Å²) < 4.78 is 0. The molecule has 0 fully saturated rings. The summed E-state index contributed by atoms with van der Waals surface area (Å²) in [7, 11) is 0. The second-order valence-corrected chi connectivity index (χ2v) is 4.75. The third kappa shape index (κ3) is 5.14. The molecule has 110 valence electrons. The second kappa shape index (κ2) is 8.50. The van der Waals surface area contributed by atoms with E-state index in [1.807, 2.05) is 0 Å². The first-order valence-corrected chi connectivity index (χ1v) is 6.77. The average Bonchev–Trinajstić information content (AvgIpc) is 2.42. The summed E-state index contributed by atoms with van der Waals surface area (Å²) in [4.78, 5) is 22.1. The van der Waals surface area contributed by atoms with E-state index in [4.69, 9.17) is 16.7 Å². The number of carbonyl (C=O) groups is 1. The molecule has 2 N–H and O–H groups in total. The number of unbranched alkanes of at least 4 members (excludes halogenated alkanes) is 3. The highest BCUT2D eigenvalue weighted by molar-refractivity contribution is 6.31. The van der Waals surface area contributed by atoms with E-state index in [0.717, 1.165) is 31.7 Å². The molecule has 7 heteroatoms. The van der Waals surface area contributed by atoms with E-state index < -0.39 is 10.8 Å². The number of benzene rings is 1. The van der Waals surface area contributed by atoms with Crippen LogP contribution in [0.5, 0.6) is 0 Å². The lowest BCUT2D eigenvalue weighted by Gasteiger charge is -2.06. The topological polar surface area (TPSA) is 92.5 Å². The number of hydrogen-bond donors (Lipinski definition) is 2. The van der Waals surface area contributed by atoms with Crippen molar-refractivity contribution in [3.63, 3.8) is 0 Å². The van der Waals surface area contributed by atoms with Crippen LogP contribution in [0.3, 0.4) is 0 Å². The lowest BCUT2D eigenvalue weighted by molar-refractivity contribution is -0.385. The molecule has 20 heavy (non-hydrogen) atoms. The molecule has 0 aromatic heterocycles. The van der Waals surface area contributed by atoms with Gasteiger partial charge in [0.1, 0.15) is 5.56 Å². The molecule has 0 unspecified atom stereocenters. The van der Waals surface area contributed by atoms with Crippen molar-refractivity contribution >= 4 is 23.2 Å². The van der Waals surface area contributed by atoms with Gasteiger partial charge < -0.3 is 10.4 Å². The number of nitrogens with one attached hydrogen (secondary N) is 1. The standard InChI is InChI=1S/C13H17ClN2O4/c14-10-5-6-11(12(9-10)16(19)20)13(18)15-7-3-1-2-4-8-17/h5-6,9,17H,1-4,7-8H2,(H,15,18). The molecule has 0 atom stereocenters. The van der Waals surface area contributed by atoms with Crippen LogP contribution in [-0.2, 0) is 0 Å². The minimum absolute atomic E-state index is 0.00904. The molecule has 0 aliphatic rings. The SMILES string of the molecule is O=C(NCCCCCCO)c1ccc(Cl)cc1[N+](=O)[O-]. The van der Waals surface area contributed by atoms with Gasteiger partial charge in [-0.1, -0.05) is 24.4 Å². The maximum Gasteiger partial charge on any atom is 0.283 e. The van der Waals surface area contributed by atoms with E-state index in [1.54, 1.807) is 0 Å². The van der Waals surface area contributed by atoms with Crippen LogP contribution in [0.25, 0.3) is 0 Å². The van der Waals surface area contributed by atoms with Gasteiger partial charge in [0.05, 0.1) is 4.92 Å². The highest BCUT2D eigenvalue weighted by atomic mass is 35.5. The van der Waals surface area contributed by atoms with E-state index >= 15 is 0 Å². The normalized spacial score (nSPS) is 10.3. The second-order valence-electron chi connectivity index (χ2n) is 4.31. The third-order valence-electron chi connectivity index (χ3n) is 2.77. The molecular weight excluding hydrogens is 284 g/mol. The van der Waals surface area contributed by atoms with Crippen molar-refractivity contribution in [3.05, 3.63) is 38.9 Å². The number of hydrogen-bond acceptors (Lipinski definition) is 4. The first-order valence-electron chi connectivity index (χ1n) is 6.39. The van der Waals surface area contributed by atoms with Gasteiger partial charge in [-0.05, 0) is 25.0 Å². The van der Waals surface area contributed by atoms with Crippen molar-refractivity contribution in [1.29, 1.82) is 0 Å². The summed E-state index contributed by atoms with van der Waals surface area (Å²) in [6.07, 6.45) is 3.31. The molecule has 0 bridgehead atoms. The van der Waals surface area contributed by atoms with Gasteiger partial charge in [-0.3, -0.25) is 14.9 Å². The van der Waals surface area contributed by atoms with Crippen molar-refractivity contribution in [3.8, 4) is 0 Å². The van der Waals surface area contributed by atoms with E-state index in [-0.39, 0.29) is 22.9 Å². The first-order chi connectivity index (χ1) is 9.56. The Morgan fingerprint density at radius 1 is 1.30 bits per heavy atom. The molecule has 1 rings (SSSR count). The summed E-state index contributed by atoms with van der Waals surface area (Å²) in [6.45, 7) is 0.618. The van der Waals surface area contributed by atoms with E-state index in [1.165, 1.54) is 12.1 Å². The predicted molar refractivity (Wildman–Crippen MR) is 76.0 cm³/mol. The molecule has 0 saturated carbocycles. The number of rotatable bonds is 8. The van der Waals surface area contributed by atoms with Crippen molar-refractivity contribution in [2.75, 3.05) is 13.2 Å². The van der Waals surface area contributed by atoms with E-state index in [2.05, 4.69) is 5.32 Å². The highest BCUT2D eigenvalue weighted by Crippen LogP contribution is 2.23. The average molecular weight is 301 g/mol. The predicted octanol–water partition coefficient (Wildman–Crippen LogP) is 2.53. The quantitative estimate of drug-likeness (QED) is 0.438. The molecular formula is C13H17ClN2O4. The van der Waals surface area contributed by atoms with Crippen LogP contribution >= 0.6 is 11.6 Å². The molecule has 1 aromatic rings. The molecule has 0 saturated heterocycles. The number of amides is 1.